The van der Waals surface area contributed by atoms with Crippen molar-refractivity contribution in [3.63, 3.8) is 0 Å². The van der Waals surface area contributed by atoms with E-state index in [2.05, 4.69) is 62.5 Å². The molecule has 3 rings (SSSR count). The molecule has 3 aliphatic rings. The van der Waals surface area contributed by atoms with E-state index in [9.17, 15) is 0 Å². The lowest BCUT2D eigenvalue weighted by Gasteiger charge is -2.39. The molecule has 0 N–H and O–H groups in total. The predicted octanol–water partition coefficient (Wildman–Crippen LogP) is 13.2. The third kappa shape index (κ3) is 15.8. The van der Waals surface area contributed by atoms with Gasteiger partial charge in [-0.2, -0.15) is 0 Å². The molecule has 1 aliphatic carbocycles. The zero-order chi connectivity index (χ0) is 32.4. The number of hydrogen-bond acceptors (Lipinski definition) is 3. The van der Waals surface area contributed by atoms with Gasteiger partial charge >= 0.3 is 0 Å². The molecule has 0 bridgehead atoms. The molecule has 0 aromatic carbocycles. The molecule has 3 heteroatoms. The third-order valence-electron chi connectivity index (χ3n) is 10.6. The summed E-state index contributed by atoms with van der Waals surface area (Å²) in [7, 11) is 0. The van der Waals surface area contributed by atoms with Crippen LogP contribution in [0.15, 0.2) is 48.6 Å². The minimum absolute atomic E-state index is 0.293. The second-order valence-electron chi connectivity index (χ2n) is 14.6. The molecule has 46 heavy (non-hydrogen) atoms. The first-order valence-corrected chi connectivity index (χ1v) is 20.3. The summed E-state index contributed by atoms with van der Waals surface area (Å²) < 4.78 is 19.3. The van der Waals surface area contributed by atoms with Crippen LogP contribution in [-0.2, 0) is 14.2 Å². The van der Waals surface area contributed by atoms with E-state index in [4.69, 9.17) is 14.2 Å². The summed E-state index contributed by atoms with van der Waals surface area (Å²) in [5, 5.41) is 0. The number of ether oxygens (including phenoxy) is 3. The first kappa shape index (κ1) is 39.3. The SMILES string of the molecule is CCCCC/C=C\C/C=C\CCCCCCCCC1(CCCCCCCC/C=C\C/C=C\CCCCC)O[C@@H]2C3COCC3[C@H]2O1. The van der Waals surface area contributed by atoms with Crippen molar-refractivity contribution in [2.45, 2.75) is 199 Å². The molecule has 4 atom stereocenters. The van der Waals surface area contributed by atoms with E-state index in [1.165, 1.54) is 141 Å². The van der Waals surface area contributed by atoms with Crippen molar-refractivity contribution < 1.29 is 14.2 Å². The molecule has 3 fully saturated rings. The largest absolute Gasteiger partial charge is 0.381 e. The highest BCUT2D eigenvalue weighted by Crippen LogP contribution is 2.53. The summed E-state index contributed by atoms with van der Waals surface area (Å²) in [5.74, 6) is 0.849. The van der Waals surface area contributed by atoms with Crippen LogP contribution in [0.3, 0.4) is 0 Å². The van der Waals surface area contributed by atoms with E-state index < -0.39 is 0 Å². The van der Waals surface area contributed by atoms with Gasteiger partial charge in [-0.1, -0.05) is 140 Å². The Bertz CT molecular complexity index is 773. The summed E-state index contributed by atoms with van der Waals surface area (Å²) in [6.07, 6.45) is 52.6. The molecular weight excluding hydrogens is 564 g/mol. The molecule has 2 saturated heterocycles. The van der Waals surface area contributed by atoms with Gasteiger partial charge < -0.3 is 14.2 Å². The van der Waals surface area contributed by atoms with Gasteiger partial charge in [-0.05, 0) is 77.0 Å². The van der Waals surface area contributed by atoms with E-state index in [1.54, 1.807) is 0 Å². The Labute approximate surface area is 286 Å². The van der Waals surface area contributed by atoms with Crippen molar-refractivity contribution in [3.8, 4) is 0 Å². The van der Waals surface area contributed by atoms with E-state index in [-0.39, 0.29) is 5.79 Å². The zero-order valence-electron chi connectivity index (χ0n) is 30.5. The maximum absolute atomic E-state index is 6.78. The molecule has 2 unspecified atom stereocenters. The highest BCUT2D eigenvalue weighted by atomic mass is 16.8. The van der Waals surface area contributed by atoms with Crippen molar-refractivity contribution in [3.05, 3.63) is 48.6 Å². The maximum Gasteiger partial charge on any atom is 0.169 e. The molecule has 0 spiro atoms. The van der Waals surface area contributed by atoms with Gasteiger partial charge in [0.05, 0.1) is 25.4 Å². The van der Waals surface area contributed by atoms with Gasteiger partial charge in [-0.3, -0.25) is 0 Å². The van der Waals surface area contributed by atoms with Crippen LogP contribution in [0.2, 0.25) is 0 Å². The molecule has 0 aromatic heterocycles. The number of fused-ring (bicyclic) bond motifs is 4. The fourth-order valence-corrected chi connectivity index (χ4v) is 7.56. The van der Waals surface area contributed by atoms with Crippen LogP contribution in [0.25, 0.3) is 0 Å². The Morgan fingerprint density at radius 1 is 0.435 bits per heavy atom. The summed E-state index contributed by atoms with van der Waals surface area (Å²) in [5.41, 5.74) is 0. The highest BCUT2D eigenvalue weighted by molar-refractivity contribution is 5.07. The Balaban J connectivity index is 1.20. The Morgan fingerprint density at radius 3 is 1.17 bits per heavy atom. The molecule has 0 amide bonds. The Hall–Kier alpha value is -1.16. The van der Waals surface area contributed by atoms with Crippen LogP contribution in [0, 0.1) is 11.8 Å². The maximum atomic E-state index is 6.78. The first-order chi connectivity index (χ1) is 22.8. The average molecular weight is 639 g/mol. The minimum Gasteiger partial charge on any atom is -0.381 e. The van der Waals surface area contributed by atoms with Gasteiger partial charge in [0.1, 0.15) is 0 Å². The molecule has 2 heterocycles. The van der Waals surface area contributed by atoms with E-state index in [0.717, 1.165) is 38.9 Å². The summed E-state index contributed by atoms with van der Waals surface area (Å²) >= 11 is 0. The lowest BCUT2D eigenvalue weighted by atomic mass is 9.71. The summed E-state index contributed by atoms with van der Waals surface area (Å²) in [4.78, 5) is 0. The van der Waals surface area contributed by atoms with Crippen LogP contribution in [0.1, 0.15) is 181 Å². The Kier molecular flexibility index (Phi) is 22.0. The van der Waals surface area contributed by atoms with Crippen LogP contribution >= 0.6 is 0 Å². The second kappa shape index (κ2) is 25.8. The van der Waals surface area contributed by atoms with Crippen LogP contribution < -0.4 is 0 Å². The van der Waals surface area contributed by atoms with E-state index in [0.29, 0.717) is 24.0 Å². The number of rotatable bonds is 30. The third-order valence-corrected chi connectivity index (χ3v) is 10.6. The predicted molar refractivity (Wildman–Crippen MR) is 198 cm³/mol. The van der Waals surface area contributed by atoms with Crippen molar-refractivity contribution in [2.75, 3.05) is 13.2 Å². The zero-order valence-corrected chi connectivity index (χ0v) is 30.5. The van der Waals surface area contributed by atoms with Crippen LogP contribution in [0.5, 0.6) is 0 Å². The number of unbranched alkanes of at least 4 members (excludes halogenated alkanes) is 18. The van der Waals surface area contributed by atoms with E-state index in [1.807, 2.05) is 0 Å². The average Bonchev–Trinajstić information content (AvgIpc) is 3.64. The number of hydrogen-bond donors (Lipinski definition) is 0. The number of allylic oxidation sites excluding steroid dienone is 8. The lowest BCUT2D eigenvalue weighted by molar-refractivity contribution is -0.183. The van der Waals surface area contributed by atoms with Crippen LogP contribution in [-0.4, -0.2) is 31.2 Å². The van der Waals surface area contributed by atoms with Crippen molar-refractivity contribution in [2.24, 2.45) is 11.8 Å². The second-order valence-corrected chi connectivity index (χ2v) is 14.6. The van der Waals surface area contributed by atoms with Crippen molar-refractivity contribution >= 4 is 0 Å². The van der Waals surface area contributed by atoms with E-state index >= 15 is 0 Å². The first-order valence-electron chi connectivity index (χ1n) is 20.3. The van der Waals surface area contributed by atoms with Gasteiger partial charge in [0.2, 0.25) is 0 Å². The molecule has 0 radical (unpaired) electrons. The van der Waals surface area contributed by atoms with Crippen molar-refractivity contribution in [1.29, 1.82) is 0 Å². The normalized spacial score (nSPS) is 23.8. The lowest BCUT2D eigenvalue weighted by Crippen LogP contribution is -2.52. The molecule has 0 aromatic rings. The summed E-state index contributed by atoms with van der Waals surface area (Å²) in [6, 6.07) is 0. The van der Waals surface area contributed by atoms with Gasteiger partial charge in [-0.25, -0.2) is 0 Å². The van der Waals surface area contributed by atoms with Gasteiger partial charge in [0.15, 0.2) is 5.79 Å². The summed E-state index contributed by atoms with van der Waals surface area (Å²) in [6.45, 7) is 6.29. The molecule has 264 valence electrons. The fourth-order valence-electron chi connectivity index (χ4n) is 7.56. The topological polar surface area (TPSA) is 27.7 Å². The molecule has 2 aliphatic heterocycles. The van der Waals surface area contributed by atoms with Crippen molar-refractivity contribution in [1.82, 2.24) is 0 Å². The van der Waals surface area contributed by atoms with Crippen LogP contribution in [0.4, 0.5) is 0 Å². The monoisotopic (exact) mass is 639 g/mol. The van der Waals surface area contributed by atoms with Gasteiger partial charge in [0, 0.05) is 24.7 Å². The van der Waals surface area contributed by atoms with Gasteiger partial charge in [0.25, 0.3) is 0 Å². The minimum atomic E-state index is -0.315. The Morgan fingerprint density at radius 2 is 0.783 bits per heavy atom. The highest BCUT2D eigenvalue weighted by Gasteiger charge is 2.63. The smallest absolute Gasteiger partial charge is 0.169 e. The quantitative estimate of drug-likeness (QED) is 0.0579. The van der Waals surface area contributed by atoms with Gasteiger partial charge in [-0.15, -0.1) is 0 Å². The fraction of sp³-hybridized carbons (Fsp3) is 0.814. The molecule has 1 saturated carbocycles. The molecule has 3 nitrogen and oxygen atoms in total. The molecular formula is C43H74O3. The standard InChI is InChI=1S/C43H74O3/c1-3-5-7-9-11-13-15-17-19-21-23-25-27-29-31-33-35-43(45-41-39-37-44-38-40(39)42(41)46-43)36-34-32-30-28-26-24-22-20-18-16-14-12-10-8-6-4-2/h11-14,17-20,39-42H,3-10,15-16,21-38H2,1-2H3/b13-11-,14-12-,19-17-,20-18-/t39?,40?,41-,42-/m1/s1.